The fourth-order valence-corrected chi connectivity index (χ4v) is 0.589. The van der Waals surface area contributed by atoms with Gasteiger partial charge in [0.15, 0.2) is 0 Å². The van der Waals surface area contributed by atoms with E-state index in [0.717, 1.165) is 0 Å². The van der Waals surface area contributed by atoms with Crippen molar-refractivity contribution in [3.8, 4) is 0 Å². The summed E-state index contributed by atoms with van der Waals surface area (Å²) < 4.78 is 8.88. The monoisotopic (exact) mass is 210 g/mol. The first-order valence-corrected chi connectivity index (χ1v) is 4.96. The third-order valence-corrected chi connectivity index (χ3v) is 1.04. The van der Waals surface area contributed by atoms with E-state index in [1.807, 2.05) is 36.4 Å². The average molecular weight is 210 g/mol. The Bertz CT molecular complexity index is 287. The summed E-state index contributed by atoms with van der Waals surface area (Å²) in [6.07, 6.45) is 1.83. The van der Waals surface area contributed by atoms with Crippen LogP contribution in [0.2, 0.25) is 0 Å². The van der Waals surface area contributed by atoms with Crippen LogP contribution in [-0.4, -0.2) is 33.5 Å². The number of phosphoric acid groups is 1. The predicted molar refractivity (Wildman–Crippen MR) is 57.9 cm³/mol. The van der Waals surface area contributed by atoms with Gasteiger partial charge in [-0.2, -0.15) is 0 Å². The molecule has 6 heteroatoms. The molecule has 0 bridgehead atoms. The Morgan fingerprint density at radius 3 is 1.71 bits per heavy atom. The molecular weight excluding hydrogens is 198 g/mol. The third-order valence-electron chi connectivity index (χ3n) is 1.04. The van der Waals surface area contributed by atoms with Crippen molar-refractivity contribution < 1.29 is 19.2 Å². The summed E-state index contributed by atoms with van der Waals surface area (Å²) in [5.74, 6) is 0. The third kappa shape index (κ3) is 14.2. The molecule has 3 N–H and O–H groups in total. The molecule has 0 heterocycles. The zero-order chi connectivity index (χ0) is 10.3. The Kier molecular flexibility index (Phi) is 9.22. The summed E-state index contributed by atoms with van der Waals surface area (Å²) in [6.45, 7) is 3.63. The van der Waals surface area contributed by atoms with E-state index in [9.17, 15) is 0 Å². The van der Waals surface area contributed by atoms with Gasteiger partial charge in [0.25, 0.3) is 0 Å². The van der Waals surface area contributed by atoms with Gasteiger partial charge in [0, 0.05) is 0 Å². The van der Waals surface area contributed by atoms with Crippen molar-refractivity contribution in [1.29, 1.82) is 0 Å². The van der Waals surface area contributed by atoms with Gasteiger partial charge in [0.2, 0.25) is 0 Å². The molecular formula is C8H12LiO4P. The van der Waals surface area contributed by atoms with E-state index >= 15 is 0 Å². The first kappa shape index (κ1) is 16.1. The summed E-state index contributed by atoms with van der Waals surface area (Å²) in [4.78, 5) is 21.6. The van der Waals surface area contributed by atoms with E-state index in [1.165, 1.54) is 5.56 Å². The Labute approximate surface area is 94.7 Å². The topological polar surface area (TPSA) is 77.8 Å². The molecule has 0 saturated heterocycles. The maximum atomic E-state index is 8.88. The molecule has 0 atom stereocenters. The van der Waals surface area contributed by atoms with Gasteiger partial charge in [0.1, 0.15) is 0 Å². The van der Waals surface area contributed by atoms with Gasteiger partial charge < -0.3 is 14.7 Å². The zero-order valence-electron chi connectivity index (χ0n) is 6.87. The molecule has 74 valence electrons. The molecule has 0 amide bonds. The van der Waals surface area contributed by atoms with E-state index in [4.69, 9.17) is 19.2 Å². The van der Waals surface area contributed by atoms with Crippen molar-refractivity contribution in [3.05, 3.63) is 42.5 Å². The molecule has 0 fully saturated rings. The summed E-state index contributed by atoms with van der Waals surface area (Å²) >= 11 is 0. The SMILES string of the molecule is C=Cc1ccccc1.O=P(O)(O)O.[LiH]. The fourth-order valence-electron chi connectivity index (χ4n) is 0.589. The van der Waals surface area contributed by atoms with Gasteiger partial charge in [-0.05, 0) is 5.56 Å². The van der Waals surface area contributed by atoms with Crippen molar-refractivity contribution in [2.24, 2.45) is 0 Å². The van der Waals surface area contributed by atoms with Gasteiger partial charge in [0.05, 0.1) is 0 Å². The first-order chi connectivity index (χ1) is 5.93. The number of rotatable bonds is 1. The summed E-state index contributed by atoms with van der Waals surface area (Å²) in [6, 6.07) is 10.0. The van der Waals surface area contributed by atoms with Gasteiger partial charge >= 0.3 is 26.7 Å². The normalized spacial score (nSPS) is 9.07. The van der Waals surface area contributed by atoms with E-state index in [2.05, 4.69) is 6.58 Å². The molecule has 0 saturated carbocycles. The predicted octanol–water partition coefficient (Wildman–Crippen LogP) is 0.753. The number of hydrogen-bond acceptors (Lipinski definition) is 1. The van der Waals surface area contributed by atoms with E-state index < -0.39 is 7.82 Å². The molecule has 1 rings (SSSR count). The van der Waals surface area contributed by atoms with Crippen LogP contribution in [0, 0.1) is 0 Å². The van der Waals surface area contributed by atoms with Gasteiger partial charge in [-0.1, -0.05) is 43.0 Å². The Balaban J connectivity index is 0. The molecule has 0 aromatic heterocycles. The van der Waals surface area contributed by atoms with E-state index in [0.29, 0.717) is 0 Å². The Morgan fingerprint density at radius 2 is 1.50 bits per heavy atom. The first-order valence-electron chi connectivity index (χ1n) is 3.39. The van der Waals surface area contributed by atoms with Crippen molar-refractivity contribution in [2.45, 2.75) is 0 Å². The van der Waals surface area contributed by atoms with Gasteiger partial charge in [-0.3, -0.25) is 0 Å². The van der Waals surface area contributed by atoms with Crippen LogP contribution in [-0.2, 0) is 4.57 Å². The molecule has 14 heavy (non-hydrogen) atoms. The second kappa shape index (κ2) is 8.02. The molecule has 4 nitrogen and oxygen atoms in total. The maximum absolute atomic E-state index is 8.88. The van der Waals surface area contributed by atoms with Crippen LogP contribution in [0.15, 0.2) is 36.9 Å². The molecule has 1 aromatic rings. The van der Waals surface area contributed by atoms with Crippen LogP contribution in [0.5, 0.6) is 0 Å². The van der Waals surface area contributed by atoms with Crippen LogP contribution in [0.25, 0.3) is 6.08 Å². The van der Waals surface area contributed by atoms with E-state index in [1.54, 1.807) is 0 Å². The van der Waals surface area contributed by atoms with Crippen LogP contribution < -0.4 is 0 Å². The van der Waals surface area contributed by atoms with Crippen molar-refractivity contribution in [3.63, 3.8) is 0 Å². The Hall–Kier alpha value is -0.333. The Morgan fingerprint density at radius 1 is 1.14 bits per heavy atom. The molecule has 0 spiro atoms. The second-order valence-electron chi connectivity index (χ2n) is 2.13. The second-order valence-corrected chi connectivity index (χ2v) is 3.15. The minimum absolute atomic E-state index is 0. The van der Waals surface area contributed by atoms with Gasteiger partial charge in [-0.25, -0.2) is 4.57 Å². The van der Waals surface area contributed by atoms with Crippen LogP contribution in [0.1, 0.15) is 5.56 Å². The molecule has 0 aliphatic carbocycles. The minimum atomic E-state index is -4.64. The summed E-state index contributed by atoms with van der Waals surface area (Å²) in [7, 11) is -4.64. The number of hydrogen-bond donors (Lipinski definition) is 3. The van der Waals surface area contributed by atoms with Gasteiger partial charge in [-0.15, -0.1) is 0 Å². The standard InChI is InChI=1S/C8H8.Li.H3O4P.H/c1-2-8-6-4-3-5-7-8;;1-5(2,3)4;/h2-7H,1H2;;(H3,1,2,3,4);. The molecule has 0 unspecified atom stereocenters. The van der Waals surface area contributed by atoms with Crippen molar-refractivity contribution in [2.75, 3.05) is 0 Å². The molecule has 0 aliphatic rings. The zero-order valence-corrected chi connectivity index (χ0v) is 7.76. The van der Waals surface area contributed by atoms with Crippen LogP contribution in [0.4, 0.5) is 0 Å². The summed E-state index contributed by atoms with van der Waals surface area (Å²) in [5, 5.41) is 0. The quantitative estimate of drug-likeness (QED) is 0.472. The van der Waals surface area contributed by atoms with Crippen LogP contribution in [0.3, 0.4) is 0 Å². The van der Waals surface area contributed by atoms with Crippen molar-refractivity contribution in [1.82, 2.24) is 0 Å². The van der Waals surface area contributed by atoms with E-state index in [-0.39, 0.29) is 18.9 Å². The molecule has 0 aliphatic heterocycles. The molecule has 1 aromatic carbocycles. The molecule has 0 radical (unpaired) electrons. The summed E-state index contributed by atoms with van der Waals surface area (Å²) in [5.41, 5.74) is 1.17. The fraction of sp³-hybridized carbons (Fsp3) is 0. The van der Waals surface area contributed by atoms with Crippen LogP contribution >= 0.6 is 7.82 Å². The average Bonchev–Trinajstić information content (AvgIpc) is 2.03. The van der Waals surface area contributed by atoms with Crippen molar-refractivity contribution >= 4 is 32.8 Å². The number of benzene rings is 1.